The van der Waals surface area contributed by atoms with Crippen LogP contribution in [0, 0.1) is 6.42 Å². The molecule has 1 fully saturated rings. The number of carbonyl (C=O) groups is 2. The Morgan fingerprint density at radius 1 is 1.00 bits per heavy atom. The smallest absolute Gasteiger partial charge is 0.248 e. The van der Waals surface area contributed by atoms with Crippen molar-refractivity contribution in [2.24, 2.45) is 5.73 Å². The summed E-state index contributed by atoms with van der Waals surface area (Å²) in [5, 5.41) is 1.09. The fourth-order valence-electron chi connectivity index (χ4n) is 3.72. The first kappa shape index (κ1) is 21.1. The van der Waals surface area contributed by atoms with E-state index in [9.17, 15) is 18.0 Å². The van der Waals surface area contributed by atoms with Crippen LogP contribution >= 0.6 is 0 Å². The molecule has 2 heterocycles. The molecule has 1 saturated heterocycles. The average Bonchev–Trinajstić information content (AvgIpc) is 3.20. The number of rotatable bonds is 6. The lowest BCUT2D eigenvalue weighted by Gasteiger charge is -2.34. The number of para-hydroxylation sites is 1. The summed E-state index contributed by atoms with van der Waals surface area (Å²) in [6.07, 6.45) is 4.05. The molecule has 0 spiro atoms. The average molecular weight is 440 g/mol. The Morgan fingerprint density at radius 2 is 1.68 bits per heavy atom. The number of H-pyrrole nitrogens is 1. The van der Waals surface area contributed by atoms with Gasteiger partial charge >= 0.3 is 0 Å². The number of hydrogen-bond donors (Lipinski definition) is 2. The fourth-order valence-corrected chi connectivity index (χ4v) is 5.14. The molecule has 1 aliphatic rings. The van der Waals surface area contributed by atoms with Gasteiger partial charge < -0.3 is 15.6 Å². The van der Waals surface area contributed by atoms with Gasteiger partial charge in [0.25, 0.3) is 0 Å². The van der Waals surface area contributed by atoms with Gasteiger partial charge in [0, 0.05) is 48.8 Å². The Bertz CT molecular complexity index is 1210. The highest BCUT2D eigenvalue weighted by atomic mass is 32.2. The van der Waals surface area contributed by atoms with Gasteiger partial charge in [0.05, 0.1) is 11.3 Å². The number of aromatic nitrogens is 1. The molecular formula is C22H23N4O4S. The predicted octanol–water partition coefficient (Wildman–Crippen LogP) is 1.55. The number of carbonyl (C=O) groups excluding carboxylic acids is 2. The largest absolute Gasteiger partial charge is 0.366 e. The van der Waals surface area contributed by atoms with E-state index in [4.69, 9.17) is 5.73 Å². The zero-order chi connectivity index (χ0) is 22.0. The van der Waals surface area contributed by atoms with E-state index < -0.39 is 15.9 Å². The molecule has 3 aromatic rings. The van der Waals surface area contributed by atoms with Crippen molar-refractivity contribution in [2.45, 2.75) is 11.3 Å². The van der Waals surface area contributed by atoms with E-state index in [2.05, 4.69) is 4.98 Å². The predicted molar refractivity (Wildman–Crippen MR) is 117 cm³/mol. The number of piperazine rings is 1. The molecule has 0 saturated carbocycles. The SMILES string of the molecule is NC(=O)c1ccc(S(=O)(=O)N2CCN(C(=O)[CH]Cc3c[nH]c4ccccc34)CC2)cc1. The Kier molecular flexibility index (Phi) is 5.79. The summed E-state index contributed by atoms with van der Waals surface area (Å²) in [7, 11) is -3.70. The monoisotopic (exact) mass is 439 g/mol. The Morgan fingerprint density at radius 3 is 2.35 bits per heavy atom. The second-order valence-corrected chi connectivity index (χ2v) is 9.32. The van der Waals surface area contributed by atoms with E-state index in [1.54, 1.807) is 11.3 Å². The Hall–Kier alpha value is -3.17. The summed E-state index contributed by atoms with van der Waals surface area (Å²) < 4.78 is 27.0. The zero-order valence-corrected chi connectivity index (χ0v) is 17.6. The van der Waals surface area contributed by atoms with Crippen LogP contribution in [-0.2, 0) is 21.2 Å². The molecule has 1 radical (unpaired) electrons. The number of aromatic amines is 1. The van der Waals surface area contributed by atoms with Crippen molar-refractivity contribution >= 4 is 32.7 Å². The van der Waals surface area contributed by atoms with Crippen molar-refractivity contribution in [1.29, 1.82) is 0 Å². The van der Waals surface area contributed by atoms with Crippen molar-refractivity contribution < 1.29 is 18.0 Å². The van der Waals surface area contributed by atoms with Crippen LogP contribution < -0.4 is 5.73 Å². The van der Waals surface area contributed by atoms with Crippen LogP contribution in [0.5, 0.6) is 0 Å². The van der Waals surface area contributed by atoms with E-state index in [0.29, 0.717) is 19.5 Å². The van der Waals surface area contributed by atoms with Crippen molar-refractivity contribution in [3.63, 3.8) is 0 Å². The molecule has 0 aliphatic carbocycles. The van der Waals surface area contributed by atoms with Crippen LogP contribution in [0.15, 0.2) is 59.6 Å². The van der Waals surface area contributed by atoms with Gasteiger partial charge in [-0.15, -0.1) is 0 Å². The number of benzene rings is 2. The summed E-state index contributed by atoms with van der Waals surface area (Å²) in [5.74, 6) is -0.715. The second-order valence-electron chi connectivity index (χ2n) is 7.39. The maximum Gasteiger partial charge on any atom is 0.248 e. The zero-order valence-electron chi connectivity index (χ0n) is 16.8. The molecule has 2 aromatic carbocycles. The quantitative estimate of drug-likeness (QED) is 0.606. The second kappa shape index (κ2) is 8.52. The third-order valence-corrected chi connectivity index (χ3v) is 7.41. The van der Waals surface area contributed by atoms with Crippen LogP contribution in [0.3, 0.4) is 0 Å². The van der Waals surface area contributed by atoms with Crippen LogP contribution in [0.4, 0.5) is 0 Å². The molecule has 0 bridgehead atoms. The normalized spacial score (nSPS) is 15.3. The molecule has 9 heteroatoms. The number of hydrogen-bond acceptors (Lipinski definition) is 4. The number of nitrogens with two attached hydrogens (primary N) is 1. The van der Waals surface area contributed by atoms with Gasteiger partial charge in [-0.1, -0.05) is 18.2 Å². The van der Waals surface area contributed by atoms with E-state index in [0.717, 1.165) is 16.5 Å². The van der Waals surface area contributed by atoms with E-state index in [-0.39, 0.29) is 29.5 Å². The number of primary amides is 1. The lowest BCUT2D eigenvalue weighted by molar-refractivity contribution is -0.128. The summed E-state index contributed by atoms with van der Waals surface area (Å²) in [4.78, 5) is 28.7. The highest BCUT2D eigenvalue weighted by Gasteiger charge is 2.30. The molecule has 2 amide bonds. The maximum absolute atomic E-state index is 12.8. The van der Waals surface area contributed by atoms with Crippen LogP contribution in [0.1, 0.15) is 15.9 Å². The first-order chi connectivity index (χ1) is 14.9. The van der Waals surface area contributed by atoms with Gasteiger partial charge in [-0.2, -0.15) is 4.31 Å². The first-order valence-corrected chi connectivity index (χ1v) is 11.4. The number of nitrogens with zero attached hydrogens (tertiary/aromatic N) is 2. The Balaban J connectivity index is 1.34. The number of sulfonamides is 1. The molecule has 0 atom stereocenters. The first-order valence-electron chi connectivity index (χ1n) is 9.93. The maximum atomic E-state index is 12.8. The third kappa shape index (κ3) is 4.33. The van der Waals surface area contributed by atoms with Crippen LogP contribution in [-0.4, -0.2) is 60.6 Å². The molecule has 1 aromatic heterocycles. The minimum Gasteiger partial charge on any atom is -0.366 e. The van der Waals surface area contributed by atoms with Gasteiger partial charge in [-0.25, -0.2) is 8.42 Å². The lowest BCUT2D eigenvalue weighted by Crippen LogP contribution is -2.50. The highest BCUT2D eigenvalue weighted by molar-refractivity contribution is 7.89. The van der Waals surface area contributed by atoms with Crippen LogP contribution in [0.25, 0.3) is 10.9 Å². The van der Waals surface area contributed by atoms with Crippen molar-refractivity contribution in [2.75, 3.05) is 26.2 Å². The van der Waals surface area contributed by atoms with Crippen molar-refractivity contribution in [3.05, 3.63) is 72.3 Å². The minimum absolute atomic E-state index is 0.100. The van der Waals surface area contributed by atoms with Gasteiger partial charge in [-0.05, 0) is 42.3 Å². The lowest BCUT2D eigenvalue weighted by atomic mass is 10.1. The third-order valence-electron chi connectivity index (χ3n) is 5.50. The number of amides is 2. The summed E-state index contributed by atoms with van der Waals surface area (Å²) in [5.41, 5.74) is 7.53. The van der Waals surface area contributed by atoms with Crippen molar-refractivity contribution in [3.8, 4) is 0 Å². The molecule has 4 rings (SSSR count). The molecule has 0 unspecified atom stereocenters. The molecular weight excluding hydrogens is 416 g/mol. The fraction of sp³-hybridized carbons (Fsp3) is 0.227. The topological polar surface area (TPSA) is 117 Å². The van der Waals surface area contributed by atoms with Gasteiger partial charge in [0.1, 0.15) is 0 Å². The van der Waals surface area contributed by atoms with Crippen LogP contribution in [0.2, 0.25) is 0 Å². The van der Waals surface area contributed by atoms with Gasteiger partial charge in [-0.3, -0.25) is 9.59 Å². The molecule has 3 N–H and O–H groups in total. The highest BCUT2D eigenvalue weighted by Crippen LogP contribution is 2.21. The van der Waals surface area contributed by atoms with Crippen molar-refractivity contribution in [1.82, 2.24) is 14.2 Å². The van der Waals surface area contributed by atoms with E-state index in [1.807, 2.05) is 30.5 Å². The number of fused-ring (bicyclic) bond motifs is 1. The summed E-state index contributed by atoms with van der Waals surface area (Å²) >= 11 is 0. The van der Waals surface area contributed by atoms with Gasteiger partial charge in [0.15, 0.2) is 0 Å². The molecule has 1 aliphatic heterocycles. The van der Waals surface area contributed by atoms with Gasteiger partial charge in [0.2, 0.25) is 21.8 Å². The summed E-state index contributed by atoms with van der Waals surface area (Å²) in [6.45, 7) is 1.07. The molecule has 161 valence electrons. The molecule has 8 nitrogen and oxygen atoms in total. The van der Waals surface area contributed by atoms with E-state index in [1.165, 1.54) is 28.6 Å². The summed E-state index contributed by atoms with van der Waals surface area (Å²) in [6, 6.07) is 13.5. The molecule has 31 heavy (non-hydrogen) atoms. The minimum atomic E-state index is -3.70. The standard InChI is InChI=1S/C22H23N4O4S/c23-22(28)16-5-8-18(9-6-16)31(29,30)26-13-11-25(12-14-26)21(27)10-7-17-15-24-20-4-2-1-3-19(17)20/h1-6,8-10,15,24H,7,11-14H2,(H2,23,28). The number of nitrogens with one attached hydrogen (secondary N) is 1. The Labute approximate surface area is 180 Å². The van der Waals surface area contributed by atoms with E-state index >= 15 is 0 Å².